The molecule has 29 heavy (non-hydrogen) atoms. The van der Waals surface area contributed by atoms with Gasteiger partial charge in [-0.15, -0.1) is 0 Å². The average molecular weight is 395 g/mol. The highest BCUT2D eigenvalue weighted by Gasteiger charge is 2.16. The van der Waals surface area contributed by atoms with Gasteiger partial charge < -0.3 is 13.9 Å². The second-order valence-electron chi connectivity index (χ2n) is 6.07. The number of para-hydroxylation sites is 1. The van der Waals surface area contributed by atoms with E-state index in [2.05, 4.69) is 0 Å². The summed E-state index contributed by atoms with van der Waals surface area (Å²) in [6.45, 7) is -0.0521. The van der Waals surface area contributed by atoms with E-state index < -0.39 is 16.3 Å². The van der Waals surface area contributed by atoms with Crippen LogP contribution in [-0.4, -0.2) is 10.9 Å². The molecule has 3 rings (SSSR count). The molecule has 1 heterocycles. The number of hydrogen-bond acceptors (Lipinski definition) is 7. The van der Waals surface area contributed by atoms with Crippen molar-refractivity contribution >= 4 is 11.7 Å². The molecule has 8 heteroatoms. The SMILES string of the molecule is O=C(Cc1ccccc1[N+](=O)[O-])OCc1cc(=O)c(OCc2ccccc2)co1. The van der Waals surface area contributed by atoms with Crippen LogP contribution in [0.25, 0.3) is 0 Å². The number of nitrogens with zero attached hydrogens (tertiary/aromatic N) is 1. The zero-order valence-electron chi connectivity index (χ0n) is 15.3. The average Bonchev–Trinajstić information content (AvgIpc) is 2.72. The van der Waals surface area contributed by atoms with Crippen molar-refractivity contribution in [2.45, 2.75) is 19.6 Å². The van der Waals surface area contributed by atoms with Crippen molar-refractivity contribution in [1.82, 2.24) is 0 Å². The third-order valence-electron chi connectivity index (χ3n) is 3.99. The number of nitro groups is 1. The molecule has 0 radical (unpaired) electrons. The van der Waals surface area contributed by atoms with Gasteiger partial charge in [-0.05, 0) is 5.56 Å². The largest absolute Gasteiger partial charge is 0.482 e. The van der Waals surface area contributed by atoms with Crippen LogP contribution in [0.4, 0.5) is 5.69 Å². The normalized spacial score (nSPS) is 10.3. The second kappa shape index (κ2) is 9.32. The first-order valence-electron chi connectivity index (χ1n) is 8.69. The summed E-state index contributed by atoms with van der Waals surface area (Å²) in [4.78, 5) is 34.5. The Bertz CT molecular complexity index is 1060. The van der Waals surface area contributed by atoms with E-state index in [-0.39, 0.29) is 42.4 Å². The molecule has 0 saturated carbocycles. The number of carbonyl (C=O) groups is 1. The maximum atomic E-state index is 12.1. The van der Waals surface area contributed by atoms with Crippen LogP contribution in [0.15, 0.2) is 76.1 Å². The number of hydrogen-bond donors (Lipinski definition) is 0. The quantitative estimate of drug-likeness (QED) is 0.327. The highest BCUT2D eigenvalue weighted by Crippen LogP contribution is 2.18. The van der Waals surface area contributed by atoms with Gasteiger partial charge in [0.05, 0.1) is 11.3 Å². The van der Waals surface area contributed by atoms with E-state index in [0.717, 1.165) is 11.8 Å². The molecule has 0 unspecified atom stereocenters. The molecule has 0 atom stereocenters. The molecule has 0 aliphatic rings. The van der Waals surface area contributed by atoms with Crippen LogP contribution in [-0.2, 0) is 29.2 Å². The van der Waals surface area contributed by atoms with E-state index in [0.29, 0.717) is 0 Å². The fourth-order valence-corrected chi connectivity index (χ4v) is 2.55. The number of carbonyl (C=O) groups excluding carboxylic acids is 1. The molecule has 0 aliphatic carbocycles. The maximum absolute atomic E-state index is 12.1. The fraction of sp³-hybridized carbons (Fsp3) is 0.143. The van der Waals surface area contributed by atoms with E-state index in [9.17, 15) is 19.7 Å². The summed E-state index contributed by atoms with van der Waals surface area (Å²) >= 11 is 0. The zero-order chi connectivity index (χ0) is 20.6. The van der Waals surface area contributed by atoms with E-state index in [1.54, 1.807) is 6.07 Å². The summed E-state index contributed by atoms with van der Waals surface area (Å²) in [5, 5.41) is 11.0. The van der Waals surface area contributed by atoms with Crippen LogP contribution in [0.5, 0.6) is 5.75 Å². The second-order valence-corrected chi connectivity index (χ2v) is 6.07. The third kappa shape index (κ3) is 5.52. The summed E-state index contributed by atoms with van der Waals surface area (Å²) in [5.41, 5.74) is 0.585. The molecule has 0 aliphatic heterocycles. The van der Waals surface area contributed by atoms with E-state index in [1.165, 1.54) is 24.3 Å². The van der Waals surface area contributed by atoms with Crippen molar-refractivity contribution in [2.24, 2.45) is 0 Å². The van der Waals surface area contributed by atoms with Crippen LogP contribution in [0.1, 0.15) is 16.9 Å². The molecular weight excluding hydrogens is 378 g/mol. The van der Waals surface area contributed by atoms with Gasteiger partial charge >= 0.3 is 5.97 Å². The zero-order valence-corrected chi connectivity index (χ0v) is 15.3. The maximum Gasteiger partial charge on any atom is 0.310 e. The van der Waals surface area contributed by atoms with Gasteiger partial charge in [-0.3, -0.25) is 19.7 Å². The minimum Gasteiger partial charge on any atom is -0.482 e. The first-order chi connectivity index (χ1) is 14.0. The van der Waals surface area contributed by atoms with Crippen molar-refractivity contribution in [3.05, 3.63) is 104 Å². The Morgan fingerprint density at radius 1 is 1.03 bits per heavy atom. The molecule has 3 aromatic rings. The molecule has 0 amide bonds. The smallest absolute Gasteiger partial charge is 0.310 e. The van der Waals surface area contributed by atoms with Gasteiger partial charge in [0.25, 0.3) is 5.69 Å². The summed E-state index contributed by atoms with van der Waals surface area (Å²) in [5.74, 6) is -0.492. The van der Waals surface area contributed by atoms with Crippen molar-refractivity contribution in [1.29, 1.82) is 0 Å². The monoisotopic (exact) mass is 395 g/mol. The van der Waals surface area contributed by atoms with E-state index in [4.69, 9.17) is 13.9 Å². The Hall–Kier alpha value is -3.94. The van der Waals surface area contributed by atoms with Gasteiger partial charge in [-0.1, -0.05) is 48.5 Å². The summed E-state index contributed by atoms with van der Waals surface area (Å²) in [6.07, 6.45) is 0.899. The molecule has 0 spiro atoms. The molecule has 148 valence electrons. The number of esters is 1. The lowest BCUT2D eigenvalue weighted by atomic mass is 10.1. The molecule has 2 aromatic carbocycles. The Labute approximate surface area is 165 Å². The first-order valence-corrected chi connectivity index (χ1v) is 8.69. The van der Waals surface area contributed by atoms with E-state index >= 15 is 0 Å². The Balaban J connectivity index is 1.56. The lowest BCUT2D eigenvalue weighted by Crippen LogP contribution is -2.12. The topological polar surface area (TPSA) is 109 Å². The van der Waals surface area contributed by atoms with Crippen LogP contribution in [0, 0.1) is 10.1 Å². The van der Waals surface area contributed by atoms with Crippen molar-refractivity contribution < 1.29 is 23.6 Å². The molecule has 0 N–H and O–H groups in total. The third-order valence-corrected chi connectivity index (χ3v) is 3.99. The summed E-state index contributed by atoms with van der Waals surface area (Å²) < 4.78 is 15.8. The minimum atomic E-state index is -0.675. The van der Waals surface area contributed by atoms with Crippen LogP contribution >= 0.6 is 0 Å². The van der Waals surface area contributed by atoms with E-state index in [1.807, 2.05) is 30.3 Å². The Morgan fingerprint density at radius 3 is 2.48 bits per heavy atom. The fourth-order valence-electron chi connectivity index (χ4n) is 2.55. The molecule has 8 nitrogen and oxygen atoms in total. The van der Waals surface area contributed by atoms with Gasteiger partial charge in [0.2, 0.25) is 11.2 Å². The number of ether oxygens (including phenoxy) is 2. The number of rotatable bonds is 8. The summed E-state index contributed by atoms with van der Waals surface area (Å²) in [7, 11) is 0. The van der Waals surface area contributed by atoms with Crippen molar-refractivity contribution in [3.63, 3.8) is 0 Å². The van der Waals surface area contributed by atoms with Crippen LogP contribution in [0.2, 0.25) is 0 Å². The predicted molar refractivity (Wildman–Crippen MR) is 102 cm³/mol. The first kappa shape index (κ1) is 19.8. The Kier molecular flexibility index (Phi) is 6.36. The van der Waals surface area contributed by atoms with Crippen molar-refractivity contribution in [3.8, 4) is 5.75 Å². The molecule has 0 fully saturated rings. The van der Waals surface area contributed by atoms with Gasteiger partial charge in [0.15, 0.2) is 0 Å². The standard InChI is InChI=1S/C21H17NO7/c23-19-11-17(27-14-20(19)28-12-15-6-2-1-3-7-15)13-29-21(24)10-16-8-4-5-9-18(16)22(25)26/h1-9,11,14H,10,12-13H2. The van der Waals surface area contributed by atoms with Crippen LogP contribution in [0.3, 0.4) is 0 Å². The number of benzene rings is 2. The Morgan fingerprint density at radius 2 is 1.76 bits per heavy atom. The van der Waals surface area contributed by atoms with Gasteiger partial charge in [0.1, 0.15) is 25.2 Å². The van der Waals surface area contributed by atoms with Crippen LogP contribution < -0.4 is 10.2 Å². The highest BCUT2D eigenvalue weighted by molar-refractivity contribution is 5.74. The molecule has 1 aromatic heterocycles. The van der Waals surface area contributed by atoms with Crippen molar-refractivity contribution in [2.75, 3.05) is 0 Å². The highest BCUT2D eigenvalue weighted by atomic mass is 16.6. The lowest BCUT2D eigenvalue weighted by molar-refractivity contribution is -0.385. The van der Waals surface area contributed by atoms with Gasteiger partial charge in [0, 0.05) is 17.7 Å². The predicted octanol–water partition coefficient (Wildman–Crippen LogP) is 3.41. The van der Waals surface area contributed by atoms with Gasteiger partial charge in [-0.2, -0.15) is 0 Å². The lowest BCUT2D eigenvalue weighted by Gasteiger charge is -2.07. The van der Waals surface area contributed by atoms with Gasteiger partial charge in [-0.25, -0.2) is 0 Å². The molecule has 0 bridgehead atoms. The number of nitro benzene ring substituents is 1. The molecular formula is C21H17NO7. The minimum absolute atomic E-state index is 0.0452. The summed E-state index contributed by atoms with van der Waals surface area (Å²) in [6, 6.07) is 16.4. The molecule has 0 saturated heterocycles.